The van der Waals surface area contributed by atoms with Gasteiger partial charge in [-0.05, 0) is 50.2 Å². The highest BCUT2D eigenvalue weighted by Crippen LogP contribution is 2.29. The van der Waals surface area contributed by atoms with Crippen LogP contribution in [0.25, 0.3) is 0 Å². The van der Waals surface area contributed by atoms with Gasteiger partial charge in [0.2, 0.25) is 0 Å². The zero-order valence-corrected chi connectivity index (χ0v) is 12.2. The molecule has 1 aromatic heterocycles. The summed E-state index contributed by atoms with van der Waals surface area (Å²) in [5, 5.41) is 12.9. The van der Waals surface area contributed by atoms with Crippen molar-refractivity contribution in [3.05, 3.63) is 22.9 Å². The monoisotopic (exact) mass is 257 g/mol. The molecule has 1 aliphatic rings. The Labute approximate surface area is 116 Å². The summed E-state index contributed by atoms with van der Waals surface area (Å²) in [4.78, 5) is 4.72. The van der Waals surface area contributed by atoms with Crippen LogP contribution in [0.3, 0.4) is 0 Å². The first-order valence-electron chi connectivity index (χ1n) is 7.39. The van der Waals surface area contributed by atoms with Crippen molar-refractivity contribution >= 4 is 5.82 Å². The van der Waals surface area contributed by atoms with E-state index in [-0.39, 0.29) is 5.54 Å². The van der Waals surface area contributed by atoms with E-state index in [1.165, 1.54) is 11.3 Å². The van der Waals surface area contributed by atoms with Crippen LogP contribution in [0.1, 0.15) is 63.3 Å². The smallest absolute Gasteiger partial charge is 0.144 e. The van der Waals surface area contributed by atoms with Gasteiger partial charge in [-0.2, -0.15) is 5.26 Å². The van der Waals surface area contributed by atoms with Gasteiger partial charge in [-0.15, -0.1) is 0 Å². The van der Waals surface area contributed by atoms with Crippen molar-refractivity contribution in [2.24, 2.45) is 0 Å². The number of rotatable bonds is 5. The third-order valence-electron chi connectivity index (χ3n) is 4.59. The van der Waals surface area contributed by atoms with Gasteiger partial charge < -0.3 is 5.32 Å². The highest BCUT2D eigenvalue weighted by Gasteiger charge is 2.26. The van der Waals surface area contributed by atoms with Crippen LogP contribution in [-0.2, 0) is 12.8 Å². The van der Waals surface area contributed by atoms with E-state index in [4.69, 9.17) is 4.98 Å². The Balaban J connectivity index is 2.37. The van der Waals surface area contributed by atoms with Crippen molar-refractivity contribution in [3.63, 3.8) is 0 Å². The Bertz CT molecular complexity index is 487. The topological polar surface area (TPSA) is 48.7 Å². The lowest BCUT2D eigenvalue weighted by Crippen LogP contribution is -2.36. The zero-order valence-electron chi connectivity index (χ0n) is 12.2. The maximum absolute atomic E-state index is 9.33. The average Bonchev–Trinajstić information content (AvgIpc) is 2.91. The Kier molecular flexibility index (Phi) is 4.09. The van der Waals surface area contributed by atoms with Crippen molar-refractivity contribution in [1.29, 1.82) is 5.26 Å². The molecule has 3 nitrogen and oxygen atoms in total. The molecule has 1 aliphatic carbocycles. The van der Waals surface area contributed by atoms with Gasteiger partial charge in [-0.25, -0.2) is 4.98 Å². The number of nitrogens with one attached hydrogen (secondary N) is 1. The molecular formula is C16H23N3. The van der Waals surface area contributed by atoms with Crippen LogP contribution in [-0.4, -0.2) is 10.5 Å². The first-order valence-corrected chi connectivity index (χ1v) is 7.39. The SMILES string of the molecule is CCC(CC)(CC)Nc1nc2c(cc1C#N)CCC2. The molecule has 0 amide bonds. The molecule has 0 radical (unpaired) electrons. The molecule has 0 unspecified atom stereocenters. The van der Waals surface area contributed by atoms with Crippen LogP contribution in [0, 0.1) is 11.3 Å². The molecule has 0 aromatic carbocycles. The molecule has 2 rings (SSSR count). The van der Waals surface area contributed by atoms with E-state index in [0.717, 1.165) is 44.3 Å². The summed E-state index contributed by atoms with van der Waals surface area (Å²) in [6.45, 7) is 6.58. The predicted molar refractivity (Wildman–Crippen MR) is 78.2 cm³/mol. The Morgan fingerprint density at radius 3 is 2.53 bits per heavy atom. The van der Waals surface area contributed by atoms with Crippen molar-refractivity contribution in [1.82, 2.24) is 4.98 Å². The molecule has 1 N–H and O–H groups in total. The van der Waals surface area contributed by atoms with E-state index in [9.17, 15) is 5.26 Å². The number of nitrogens with zero attached hydrogens (tertiary/aromatic N) is 2. The van der Waals surface area contributed by atoms with Crippen molar-refractivity contribution < 1.29 is 0 Å². The van der Waals surface area contributed by atoms with Gasteiger partial charge in [0.25, 0.3) is 0 Å². The second-order valence-electron chi connectivity index (χ2n) is 5.42. The molecule has 0 fully saturated rings. The molecule has 1 heterocycles. The summed E-state index contributed by atoms with van der Waals surface area (Å²) < 4.78 is 0. The van der Waals surface area contributed by atoms with E-state index >= 15 is 0 Å². The number of anilines is 1. The van der Waals surface area contributed by atoms with Crippen molar-refractivity contribution in [2.75, 3.05) is 5.32 Å². The van der Waals surface area contributed by atoms with E-state index in [1.54, 1.807) is 0 Å². The van der Waals surface area contributed by atoms with E-state index < -0.39 is 0 Å². The summed E-state index contributed by atoms with van der Waals surface area (Å²) in [5.74, 6) is 0.786. The molecule has 102 valence electrons. The Morgan fingerprint density at radius 2 is 1.95 bits per heavy atom. The van der Waals surface area contributed by atoms with Gasteiger partial charge in [0.05, 0.1) is 5.56 Å². The van der Waals surface area contributed by atoms with Gasteiger partial charge in [0.1, 0.15) is 11.9 Å². The second kappa shape index (κ2) is 5.61. The second-order valence-corrected chi connectivity index (χ2v) is 5.42. The summed E-state index contributed by atoms with van der Waals surface area (Å²) in [6, 6.07) is 4.33. The highest BCUT2D eigenvalue weighted by atomic mass is 15.1. The third-order valence-corrected chi connectivity index (χ3v) is 4.59. The average molecular weight is 257 g/mol. The van der Waals surface area contributed by atoms with Crippen LogP contribution in [0.2, 0.25) is 0 Å². The van der Waals surface area contributed by atoms with Gasteiger partial charge in [0.15, 0.2) is 0 Å². The number of nitriles is 1. The minimum atomic E-state index is 0.0610. The van der Waals surface area contributed by atoms with E-state index in [1.807, 2.05) is 6.07 Å². The molecule has 0 bridgehead atoms. The number of pyridine rings is 1. The lowest BCUT2D eigenvalue weighted by atomic mass is 9.89. The van der Waals surface area contributed by atoms with Crippen LogP contribution >= 0.6 is 0 Å². The first-order chi connectivity index (χ1) is 9.18. The summed E-state index contributed by atoms with van der Waals surface area (Å²) in [5.41, 5.74) is 3.20. The Morgan fingerprint density at radius 1 is 1.26 bits per heavy atom. The number of aromatic nitrogens is 1. The third kappa shape index (κ3) is 2.58. The molecule has 0 aliphatic heterocycles. The largest absolute Gasteiger partial charge is 0.364 e. The quantitative estimate of drug-likeness (QED) is 0.872. The minimum Gasteiger partial charge on any atom is -0.364 e. The zero-order chi connectivity index (χ0) is 13.9. The molecule has 0 spiro atoms. The number of fused-ring (bicyclic) bond motifs is 1. The van der Waals surface area contributed by atoms with Gasteiger partial charge in [-0.1, -0.05) is 20.8 Å². The fourth-order valence-corrected chi connectivity index (χ4v) is 2.92. The first kappa shape index (κ1) is 13.9. The summed E-state index contributed by atoms with van der Waals surface area (Å²) >= 11 is 0. The number of aryl methyl sites for hydroxylation is 2. The normalized spacial score (nSPS) is 14.0. The standard InChI is InChI=1S/C16H23N3/c1-4-16(5-2,6-3)19-15-13(11-17)10-12-8-7-9-14(12)18-15/h10H,4-9H2,1-3H3,(H,18,19). The molecule has 19 heavy (non-hydrogen) atoms. The van der Waals surface area contributed by atoms with E-state index in [0.29, 0.717) is 5.56 Å². The van der Waals surface area contributed by atoms with E-state index in [2.05, 4.69) is 32.2 Å². The molecule has 1 aromatic rings. The minimum absolute atomic E-state index is 0.0610. The van der Waals surface area contributed by atoms with Crippen LogP contribution in [0.4, 0.5) is 5.82 Å². The maximum atomic E-state index is 9.33. The summed E-state index contributed by atoms with van der Waals surface area (Å²) in [7, 11) is 0. The van der Waals surface area contributed by atoms with Crippen molar-refractivity contribution in [2.45, 2.75) is 64.8 Å². The van der Waals surface area contributed by atoms with Crippen LogP contribution < -0.4 is 5.32 Å². The predicted octanol–water partition coefficient (Wildman–Crippen LogP) is 3.82. The van der Waals surface area contributed by atoms with Gasteiger partial charge >= 0.3 is 0 Å². The molecule has 0 atom stereocenters. The molecular weight excluding hydrogens is 234 g/mol. The molecule has 3 heteroatoms. The summed E-state index contributed by atoms with van der Waals surface area (Å²) in [6.07, 6.45) is 6.42. The fraction of sp³-hybridized carbons (Fsp3) is 0.625. The molecule has 0 saturated heterocycles. The van der Waals surface area contributed by atoms with Crippen LogP contribution in [0.15, 0.2) is 6.07 Å². The van der Waals surface area contributed by atoms with Crippen molar-refractivity contribution in [3.8, 4) is 6.07 Å². The lowest BCUT2D eigenvalue weighted by Gasteiger charge is -2.33. The van der Waals surface area contributed by atoms with Gasteiger partial charge in [-0.3, -0.25) is 0 Å². The lowest BCUT2D eigenvalue weighted by molar-refractivity contribution is 0.419. The fourth-order valence-electron chi connectivity index (χ4n) is 2.92. The number of hydrogen-bond donors (Lipinski definition) is 1. The maximum Gasteiger partial charge on any atom is 0.144 e. The number of hydrogen-bond acceptors (Lipinski definition) is 3. The van der Waals surface area contributed by atoms with Gasteiger partial charge in [0, 0.05) is 11.2 Å². The molecule has 0 saturated carbocycles. The Hall–Kier alpha value is -1.56. The van der Waals surface area contributed by atoms with Crippen LogP contribution in [0.5, 0.6) is 0 Å². The highest BCUT2D eigenvalue weighted by molar-refractivity contribution is 5.56.